The van der Waals surface area contributed by atoms with Crippen molar-refractivity contribution in [1.29, 1.82) is 0 Å². The highest BCUT2D eigenvalue weighted by atomic mass is 32.2. The zero-order chi connectivity index (χ0) is 20.6. The van der Waals surface area contributed by atoms with E-state index in [1.54, 1.807) is 24.3 Å². The average molecular weight is 440 g/mol. The summed E-state index contributed by atoms with van der Waals surface area (Å²) in [6, 6.07) is 9.85. The second kappa shape index (κ2) is 7.83. The maximum atomic E-state index is 13.1. The van der Waals surface area contributed by atoms with Crippen LogP contribution in [0, 0.1) is 0 Å². The van der Waals surface area contributed by atoms with E-state index in [9.17, 15) is 18.0 Å². The van der Waals surface area contributed by atoms with E-state index in [1.165, 1.54) is 35.7 Å². The molecule has 5 nitrogen and oxygen atoms in total. The van der Waals surface area contributed by atoms with Gasteiger partial charge in [0.05, 0.1) is 5.56 Å². The summed E-state index contributed by atoms with van der Waals surface area (Å²) in [5.41, 5.74) is 0.215. The molecular weight excluding hydrogens is 425 g/mol. The lowest BCUT2D eigenvalue weighted by Crippen LogP contribution is -2.19. The molecule has 0 spiro atoms. The summed E-state index contributed by atoms with van der Waals surface area (Å²) in [6.07, 6.45) is -4.43. The third kappa shape index (κ3) is 4.32. The van der Waals surface area contributed by atoms with Crippen LogP contribution in [0.5, 0.6) is 5.75 Å². The molecule has 2 aliphatic rings. The molecule has 29 heavy (non-hydrogen) atoms. The first-order valence-electron chi connectivity index (χ1n) is 8.60. The number of aliphatic carboxylic acids is 1. The molecule has 2 aliphatic heterocycles. The highest BCUT2D eigenvalue weighted by Gasteiger charge is 2.34. The number of rotatable bonds is 5. The first-order valence-corrected chi connectivity index (χ1v) is 10.5. The molecule has 10 heteroatoms. The van der Waals surface area contributed by atoms with Gasteiger partial charge in [0.1, 0.15) is 22.8 Å². The number of carboxylic acid groups (broad SMARTS) is 1. The number of carbonyl (C=O) groups is 1. The van der Waals surface area contributed by atoms with Gasteiger partial charge in [-0.2, -0.15) is 13.2 Å². The SMILES string of the molecule is O=C(O)[C@H]1CSC(C2Nc3ccc(OCc4ccccc4C(F)(F)F)cc3S2)=N1. The van der Waals surface area contributed by atoms with Gasteiger partial charge in [0.2, 0.25) is 0 Å². The first-order chi connectivity index (χ1) is 13.8. The third-order valence-corrected chi connectivity index (χ3v) is 6.82. The number of nitrogens with one attached hydrogen (secondary N) is 1. The van der Waals surface area contributed by atoms with Crippen molar-refractivity contribution in [2.24, 2.45) is 4.99 Å². The van der Waals surface area contributed by atoms with Crippen LogP contribution in [-0.4, -0.2) is 33.3 Å². The number of ether oxygens (including phenoxy) is 1. The quantitative estimate of drug-likeness (QED) is 0.701. The first kappa shape index (κ1) is 20.0. The Balaban J connectivity index is 1.44. The Morgan fingerprint density at radius 2 is 2.07 bits per heavy atom. The number of hydrogen-bond acceptors (Lipinski definition) is 6. The predicted molar refractivity (Wildman–Crippen MR) is 107 cm³/mol. The Morgan fingerprint density at radius 3 is 2.79 bits per heavy atom. The van der Waals surface area contributed by atoms with E-state index in [4.69, 9.17) is 9.84 Å². The Bertz CT molecular complexity index is 981. The average Bonchev–Trinajstić information content (AvgIpc) is 3.32. The number of aliphatic imine (C=N–C) groups is 1. The lowest BCUT2D eigenvalue weighted by atomic mass is 10.1. The van der Waals surface area contributed by atoms with E-state index < -0.39 is 23.8 Å². The van der Waals surface area contributed by atoms with Crippen molar-refractivity contribution in [3.05, 3.63) is 53.6 Å². The van der Waals surface area contributed by atoms with Gasteiger partial charge in [-0.3, -0.25) is 4.99 Å². The van der Waals surface area contributed by atoms with Crippen LogP contribution in [-0.2, 0) is 17.6 Å². The minimum Gasteiger partial charge on any atom is -0.489 e. The fraction of sp³-hybridized carbons (Fsp3) is 0.263. The van der Waals surface area contributed by atoms with Crippen LogP contribution in [0.2, 0.25) is 0 Å². The molecule has 2 atom stereocenters. The maximum absolute atomic E-state index is 13.1. The van der Waals surface area contributed by atoms with Gasteiger partial charge in [0.15, 0.2) is 6.04 Å². The summed E-state index contributed by atoms with van der Waals surface area (Å²) in [6.45, 7) is -0.196. The van der Waals surface area contributed by atoms with Crippen LogP contribution < -0.4 is 10.1 Å². The number of benzene rings is 2. The maximum Gasteiger partial charge on any atom is 0.416 e. The molecule has 0 fully saturated rings. The second-order valence-corrected chi connectivity index (χ2v) is 8.56. The predicted octanol–water partition coefficient (Wildman–Crippen LogP) is 4.73. The molecule has 2 aromatic carbocycles. The summed E-state index contributed by atoms with van der Waals surface area (Å²) < 4.78 is 44.9. The van der Waals surface area contributed by atoms with Gasteiger partial charge >= 0.3 is 12.1 Å². The number of alkyl halides is 3. The summed E-state index contributed by atoms with van der Waals surface area (Å²) in [7, 11) is 0. The molecule has 0 saturated heterocycles. The van der Waals surface area contributed by atoms with Gasteiger partial charge in [0.25, 0.3) is 0 Å². The van der Waals surface area contributed by atoms with Gasteiger partial charge in [-0.1, -0.05) is 30.0 Å². The number of fused-ring (bicyclic) bond motifs is 1. The summed E-state index contributed by atoms with van der Waals surface area (Å²) in [5, 5.41) is 12.9. The minimum absolute atomic E-state index is 0.0700. The molecule has 2 heterocycles. The summed E-state index contributed by atoms with van der Waals surface area (Å²) >= 11 is 2.89. The Morgan fingerprint density at radius 1 is 1.28 bits per heavy atom. The number of hydrogen-bond donors (Lipinski definition) is 2. The molecule has 0 bridgehead atoms. The van der Waals surface area contributed by atoms with E-state index in [0.717, 1.165) is 21.7 Å². The molecule has 2 N–H and O–H groups in total. The number of nitrogens with zero attached hydrogens (tertiary/aromatic N) is 1. The molecular formula is C19H15F3N2O3S2. The second-order valence-electron chi connectivity index (χ2n) is 6.38. The fourth-order valence-corrected chi connectivity index (χ4v) is 5.31. The van der Waals surface area contributed by atoms with Gasteiger partial charge in [-0.05, 0) is 24.3 Å². The number of anilines is 1. The number of carboxylic acids is 1. The Hall–Kier alpha value is -2.33. The lowest BCUT2D eigenvalue weighted by Gasteiger charge is -2.13. The molecule has 4 rings (SSSR count). The normalized spacial score (nSPS) is 20.7. The van der Waals surface area contributed by atoms with Crippen molar-refractivity contribution in [1.82, 2.24) is 0 Å². The highest BCUT2D eigenvalue weighted by Crippen LogP contribution is 2.43. The largest absolute Gasteiger partial charge is 0.489 e. The van der Waals surface area contributed by atoms with Gasteiger partial charge < -0.3 is 15.2 Å². The smallest absolute Gasteiger partial charge is 0.416 e. The fourth-order valence-electron chi connectivity index (χ4n) is 2.97. The molecule has 1 unspecified atom stereocenters. The van der Waals surface area contributed by atoms with E-state index in [2.05, 4.69) is 10.3 Å². The zero-order valence-electron chi connectivity index (χ0n) is 14.8. The topological polar surface area (TPSA) is 70.9 Å². The van der Waals surface area contributed by atoms with Crippen LogP contribution in [0.1, 0.15) is 11.1 Å². The van der Waals surface area contributed by atoms with E-state index in [0.29, 0.717) is 11.5 Å². The van der Waals surface area contributed by atoms with Crippen molar-refractivity contribution < 1.29 is 27.8 Å². The van der Waals surface area contributed by atoms with Crippen molar-refractivity contribution in [3.8, 4) is 5.75 Å². The zero-order valence-corrected chi connectivity index (χ0v) is 16.4. The van der Waals surface area contributed by atoms with Gasteiger partial charge in [-0.15, -0.1) is 11.8 Å². The van der Waals surface area contributed by atoms with Crippen LogP contribution in [0.3, 0.4) is 0 Å². The van der Waals surface area contributed by atoms with E-state index in [1.807, 2.05) is 0 Å². The Kier molecular flexibility index (Phi) is 5.39. The molecule has 0 radical (unpaired) electrons. The molecule has 0 saturated carbocycles. The molecule has 0 aromatic heterocycles. The van der Waals surface area contributed by atoms with Crippen molar-refractivity contribution in [3.63, 3.8) is 0 Å². The monoisotopic (exact) mass is 440 g/mol. The number of thioether (sulfide) groups is 2. The van der Waals surface area contributed by atoms with Crippen molar-refractivity contribution in [2.75, 3.05) is 11.1 Å². The van der Waals surface area contributed by atoms with Crippen LogP contribution >= 0.6 is 23.5 Å². The van der Waals surface area contributed by atoms with Gasteiger partial charge in [-0.25, -0.2) is 4.79 Å². The van der Waals surface area contributed by atoms with Crippen molar-refractivity contribution in [2.45, 2.75) is 29.1 Å². The van der Waals surface area contributed by atoms with E-state index >= 15 is 0 Å². The molecule has 152 valence electrons. The van der Waals surface area contributed by atoms with Crippen LogP contribution in [0.25, 0.3) is 0 Å². The van der Waals surface area contributed by atoms with E-state index in [-0.39, 0.29) is 17.5 Å². The Labute approximate surface area is 172 Å². The van der Waals surface area contributed by atoms with Gasteiger partial charge in [0, 0.05) is 21.9 Å². The molecule has 0 aliphatic carbocycles. The molecule has 2 aromatic rings. The van der Waals surface area contributed by atoms with Crippen LogP contribution in [0.15, 0.2) is 52.4 Å². The highest BCUT2D eigenvalue weighted by molar-refractivity contribution is 8.16. The summed E-state index contributed by atoms with van der Waals surface area (Å²) in [5.74, 6) is -0.0739. The minimum atomic E-state index is -4.43. The standard InChI is InChI=1S/C19H15F3N2O3S2/c20-19(21,22)12-4-2-1-3-10(12)8-27-11-5-6-13-15(7-11)29-17(23-13)16-24-14(9-28-16)18(25)26/h1-7,14,17,23H,8-9H2,(H,25,26)/t14-,17?/m1/s1. The lowest BCUT2D eigenvalue weighted by molar-refractivity contribution is -0.139. The molecule has 0 amide bonds. The number of halogens is 3. The van der Waals surface area contributed by atoms with Crippen molar-refractivity contribution >= 4 is 40.2 Å². The third-order valence-electron chi connectivity index (χ3n) is 4.38. The van der Waals surface area contributed by atoms with Crippen LogP contribution in [0.4, 0.5) is 18.9 Å². The summed E-state index contributed by atoms with van der Waals surface area (Å²) in [4.78, 5) is 16.2.